The summed E-state index contributed by atoms with van der Waals surface area (Å²) in [4.78, 5) is 12.6. The molecule has 6 nitrogen and oxygen atoms in total. The van der Waals surface area contributed by atoms with E-state index in [1.807, 2.05) is 26.0 Å². The zero-order valence-electron chi connectivity index (χ0n) is 18.0. The van der Waals surface area contributed by atoms with E-state index in [9.17, 15) is 22.0 Å². The Hall–Kier alpha value is -2.52. The normalized spacial score (nSPS) is 15.8. The summed E-state index contributed by atoms with van der Waals surface area (Å²) in [6, 6.07) is 12.8. The quantitative estimate of drug-likeness (QED) is 0.533. The van der Waals surface area contributed by atoms with E-state index in [1.165, 1.54) is 16.4 Å². The number of rotatable bonds is 8. The number of halogens is 2. The van der Waals surface area contributed by atoms with Crippen LogP contribution in [0.5, 0.6) is 5.75 Å². The SMILES string of the molecule is CC(C)c1ccc(S(=O)(=O)N2CCC(C(=O)OCc3ccc(OC(F)F)cc3)CC2)cc1. The smallest absolute Gasteiger partial charge is 0.387 e. The second-order valence-corrected chi connectivity index (χ2v) is 9.97. The van der Waals surface area contributed by atoms with Crippen molar-refractivity contribution >= 4 is 16.0 Å². The van der Waals surface area contributed by atoms with Gasteiger partial charge < -0.3 is 9.47 Å². The molecule has 1 aliphatic heterocycles. The first-order valence-electron chi connectivity index (χ1n) is 10.5. The van der Waals surface area contributed by atoms with Crippen LogP contribution in [-0.2, 0) is 26.2 Å². The monoisotopic (exact) mass is 467 g/mol. The van der Waals surface area contributed by atoms with Crippen molar-refractivity contribution in [3.8, 4) is 5.75 Å². The third kappa shape index (κ3) is 6.04. The van der Waals surface area contributed by atoms with Crippen LogP contribution in [0.15, 0.2) is 53.4 Å². The summed E-state index contributed by atoms with van der Waals surface area (Å²) in [5.41, 5.74) is 1.71. The summed E-state index contributed by atoms with van der Waals surface area (Å²) in [6.45, 7) is 1.69. The maximum atomic E-state index is 12.9. The molecule has 0 bridgehead atoms. The Labute approximate surface area is 187 Å². The maximum Gasteiger partial charge on any atom is 0.387 e. The van der Waals surface area contributed by atoms with Gasteiger partial charge in [0.2, 0.25) is 10.0 Å². The lowest BCUT2D eigenvalue weighted by Crippen LogP contribution is -2.40. The van der Waals surface area contributed by atoms with Gasteiger partial charge in [0, 0.05) is 13.1 Å². The van der Waals surface area contributed by atoms with Gasteiger partial charge in [-0.15, -0.1) is 0 Å². The average molecular weight is 468 g/mol. The minimum absolute atomic E-state index is 0.00844. The van der Waals surface area contributed by atoms with Crippen molar-refractivity contribution in [3.05, 3.63) is 59.7 Å². The number of alkyl halides is 2. The van der Waals surface area contributed by atoms with Gasteiger partial charge in [-0.1, -0.05) is 38.1 Å². The lowest BCUT2D eigenvalue weighted by molar-refractivity contribution is -0.151. The zero-order chi connectivity index (χ0) is 23.3. The topological polar surface area (TPSA) is 72.9 Å². The molecule has 3 rings (SSSR count). The highest BCUT2D eigenvalue weighted by molar-refractivity contribution is 7.89. The van der Waals surface area contributed by atoms with E-state index < -0.39 is 22.6 Å². The van der Waals surface area contributed by atoms with Gasteiger partial charge >= 0.3 is 12.6 Å². The van der Waals surface area contributed by atoms with E-state index in [0.29, 0.717) is 24.3 Å². The summed E-state index contributed by atoms with van der Waals surface area (Å²) in [5, 5.41) is 0. The van der Waals surface area contributed by atoms with Crippen LogP contribution >= 0.6 is 0 Å². The first kappa shape index (κ1) is 24.1. The number of nitrogens with zero attached hydrogens (tertiary/aromatic N) is 1. The molecule has 1 heterocycles. The van der Waals surface area contributed by atoms with Crippen molar-refractivity contribution < 1.29 is 31.5 Å². The lowest BCUT2D eigenvalue weighted by atomic mass is 9.98. The number of sulfonamides is 1. The molecule has 0 aromatic heterocycles. The second kappa shape index (κ2) is 10.4. The standard InChI is InChI=1S/C23H27F2NO5S/c1-16(2)18-5-9-21(10-6-18)32(28,29)26-13-11-19(12-14-26)22(27)30-15-17-3-7-20(8-4-17)31-23(24)25/h3-10,16,19,23H,11-15H2,1-2H3. The number of piperidine rings is 1. The molecule has 0 amide bonds. The molecule has 0 radical (unpaired) electrons. The Morgan fingerprint density at radius 3 is 2.16 bits per heavy atom. The molecule has 1 aliphatic rings. The molecule has 2 aromatic rings. The predicted molar refractivity (Wildman–Crippen MR) is 115 cm³/mol. The van der Waals surface area contributed by atoms with Crippen molar-refractivity contribution in [2.45, 2.75) is 50.7 Å². The maximum absolute atomic E-state index is 12.9. The molecule has 1 saturated heterocycles. The molecule has 0 spiro atoms. The van der Waals surface area contributed by atoms with Crippen molar-refractivity contribution in [1.29, 1.82) is 0 Å². The highest BCUT2D eigenvalue weighted by Gasteiger charge is 2.32. The molecule has 2 aromatic carbocycles. The van der Waals surface area contributed by atoms with Gasteiger partial charge in [-0.25, -0.2) is 8.42 Å². The molecule has 0 aliphatic carbocycles. The highest BCUT2D eigenvalue weighted by Crippen LogP contribution is 2.26. The van der Waals surface area contributed by atoms with Crippen LogP contribution in [0.2, 0.25) is 0 Å². The fourth-order valence-electron chi connectivity index (χ4n) is 3.55. The number of carbonyl (C=O) groups is 1. The van der Waals surface area contributed by atoms with Crippen molar-refractivity contribution in [1.82, 2.24) is 4.31 Å². The number of hydrogen-bond acceptors (Lipinski definition) is 5. The van der Waals surface area contributed by atoms with Crippen LogP contribution in [-0.4, -0.2) is 38.4 Å². The number of carbonyl (C=O) groups excluding carboxylic acids is 1. The molecule has 0 saturated carbocycles. The number of esters is 1. The summed E-state index contributed by atoms with van der Waals surface area (Å²) >= 11 is 0. The molecule has 174 valence electrons. The Balaban J connectivity index is 1.50. The van der Waals surface area contributed by atoms with Gasteiger partial charge in [0.1, 0.15) is 12.4 Å². The van der Waals surface area contributed by atoms with E-state index in [1.54, 1.807) is 24.3 Å². The van der Waals surface area contributed by atoms with Crippen LogP contribution in [0.3, 0.4) is 0 Å². The summed E-state index contributed by atoms with van der Waals surface area (Å²) in [7, 11) is -3.61. The van der Waals surface area contributed by atoms with Crippen LogP contribution in [0.4, 0.5) is 8.78 Å². The minimum Gasteiger partial charge on any atom is -0.461 e. The molecule has 0 atom stereocenters. The first-order valence-corrected chi connectivity index (χ1v) is 11.9. The third-order valence-corrected chi connectivity index (χ3v) is 7.41. The fraction of sp³-hybridized carbons (Fsp3) is 0.435. The minimum atomic E-state index is -3.61. The molecule has 9 heteroatoms. The van der Waals surface area contributed by atoms with Crippen LogP contribution in [0.1, 0.15) is 43.7 Å². The molecule has 1 fully saturated rings. The Morgan fingerprint density at radius 1 is 1.03 bits per heavy atom. The zero-order valence-corrected chi connectivity index (χ0v) is 18.9. The van der Waals surface area contributed by atoms with E-state index in [-0.39, 0.29) is 36.3 Å². The van der Waals surface area contributed by atoms with Crippen molar-refractivity contribution in [2.24, 2.45) is 5.92 Å². The van der Waals surface area contributed by atoms with Crippen LogP contribution in [0, 0.1) is 5.92 Å². The van der Waals surface area contributed by atoms with E-state index in [0.717, 1.165) is 5.56 Å². The van der Waals surface area contributed by atoms with Gasteiger partial charge in [0.05, 0.1) is 10.8 Å². The Bertz CT molecular complexity index is 1000. The fourth-order valence-corrected chi connectivity index (χ4v) is 5.01. The van der Waals surface area contributed by atoms with E-state index >= 15 is 0 Å². The summed E-state index contributed by atoms with van der Waals surface area (Å²) < 4.78 is 61.2. The first-order chi connectivity index (χ1) is 15.2. The van der Waals surface area contributed by atoms with Crippen LogP contribution < -0.4 is 4.74 Å². The van der Waals surface area contributed by atoms with Crippen LogP contribution in [0.25, 0.3) is 0 Å². The highest BCUT2D eigenvalue weighted by atomic mass is 32.2. The molecule has 32 heavy (non-hydrogen) atoms. The Kier molecular flexibility index (Phi) is 7.84. The van der Waals surface area contributed by atoms with Crippen molar-refractivity contribution in [2.75, 3.05) is 13.1 Å². The van der Waals surface area contributed by atoms with Gasteiger partial charge in [0.25, 0.3) is 0 Å². The van der Waals surface area contributed by atoms with Gasteiger partial charge in [-0.2, -0.15) is 13.1 Å². The van der Waals surface area contributed by atoms with Crippen molar-refractivity contribution in [3.63, 3.8) is 0 Å². The second-order valence-electron chi connectivity index (χ2n) is 8.03. The third-order valence-electron chi connectivity index (χ3n) is 5.50. The molecule has 0 N–H and O–H groups in total. The molecule has 0 unspecified atom stereocenters. The average Bonchev–Trinajstić information content (AvgIpc) is 2.78. The number of hydrogen-bond donors (Lipinski definition) is 0. The largest absolute Gasteiger partial charge is 0.461 e. The Morgan fingerprint density at radius 2 is 1.62 bits per heavy atom. The number of benzene rings is 2. The molecular formula is C23H27F2NO5S. The number of ether oxygens (including phenoxy) is 2. The van der Waals surface area contributed by atoms with Gasteiger partial charge in [-0.3, -0.25) is 4.79 Å². The summed E-state index contributed by atoms with van der Waals surface area (Å²) in [5.74, 6) is -0.428. The predicted octanol–water partition coefficient (Wildman–Crippen LogP) is 4.56. The van der Waals surface area contributed by atoms with E-state index in [2.05, 4.69) is 4.74 Å². The lowest BCUT2D eigenvalue weighted by Gasteiger charge is -2.30. The van der Waals surface area contributed by atoms with Gasteiger partial charge in [0.15, 0.2) is 0 Å². The van der Waals surface area contributed by atoms with E-state index in [4.69, 9.17) is 4.74 Å². The summed E-state index contributed by atoms with van der Waals surface area (Å²) in [6.07, 6.45) is 0.757. The molecular weight excluding hydrogens is 440 g/mol. The van der Waals surface area contributed by atoms with Gasteiger partial charge in [-0.05, 0) is 54.2 Å².